The minimum atomic E-state index is -4.82. The summed E-state index contributed by atoms with van der Waals surface area (Å²) < 4.78 is 55.2. The zero-order chi connectivity index (χ0) is 24.8. The molecule has 176 valence electrons. The molecule has 2 aromatic rings. The first kappa shape index (κ1) is 23.2. The maximum Gasteiger partial charge on any atom is 0.417 e. The van der Waals surface area contributed by atoms with Crippen LogP contribution < -0.4 is 15.1 Å². The van der Waals surface area contributed by atoms with Crippen LogP contribution in [0.1, 0.15) is 40.7 Å². The van der Waals surface area contributed by atoms with Crippen LogP contribution in [0.4, 0.5) is 33.7 Å². The molecule has 2 atom stereocenters. The fourth-order valence-corrected chi connectivity index (χ4v) is 4.53. The lowest BCUT2D eigenvalue weighted by molar-refractivity contribution is -0.137. The van der Waals surface area contributed by atoms with Gasteiger partial charge in [-0.05, 0) is 42.8 Å². The van der Waals surface area contributed by atoms with Gasteiger partial charge < -0.3 is 5.32 Å². The number of amides is 3. The van der Waals surface area contributed by atoms with Gasteiger partial charge in [-0.15, -0.1) is 0 Å². The molecule has 1 saturated carbocycles. The van der Waals surface area contributed by atoms with Gasteiger partial charge in [0, 0.05) is 31.3 Å². The molecule has 0 bridgehead atoms. The standard InChI is InChI=1S/C23H18F4N4O3/c1-29-21(33)16-6-4-14(9-18(16)24)31-20-10-15(32)5-7-19(20)30(22(31)34)13-3-2-12(11-28)17(8-13)23(25,26)27/h2-4,6,8-9,19-20H,5,7,10H2,1H3,(H,29,33). The van der Waals surface area contributed by atoms with E-state index in [4.69, 9.17) is 5.26 Å². The predicted octanol–water partition coefficient (Wildman–Crippen LogP) is 4.01. The number of fused-ring (bicyclic) bond motifs is 1. The SMILES string of the molecule is CNC(=O)c1ccc(N2C(=O)N(c3ccc(C#N)c(C(F)(F)F)c3)C3CCC(=O)CC32)cc1F. The number of hydrogen-bond donors (Lipinski definition) is 1. The Hall–Kier alpha value is -3.94. The molecule has 7 nitrogen and oxygen atoms in total. The number of carbonyl (C=O) groups excluding carboxylic acids is 3. The summed E-state index contributed by atoms with van der Waals surface area (Å²) in [6, 6.07) is 5.92. The average Bonchev–Trinajstić information content (AvgIpc) is 3.08. The third-order valence-corrected chi connectivity index (χ3v) is 6.09. The van der Waals surface area contributed by atoms with Gasteiger partial charge in [0.25, 0.3) is 5.91 Å². The highest BCUT2D eigenvalue weighted by Gasteiger charge is 2.50. The molecule has 2 unspecified atom stereocenters. The Morgan fingerprint density at radius 3 is 2.35 bits per heavy atom. The quantitative estimate of drug-likeness (QED) is 0.681. The molecule has 0 radical (unpaired) electrons. The van der Waals surface area contributed by atoms with Crippen LogP contribution in [-0.4, -0.2) is 36.9 Å². The van der Waals surface area contributed by atoms with Crippen LogP contribution in [0.3, 0.4) is 0 Å². The summed E-state index contributed by atoms with van der Waals surface area (Å²) in [7, 11) is 1.34. The topological polar surface area (TPSA) is 93.5 Å². The Morgan fingerprint density at radius 2 is 1.74 bits per heavy atom. The molecule has 1 aliphatic heterocycles. The van der Waals surface area contributed by atoms with Gasteiger partial charge in [0.05, 0.1) is 34.8 Å². The Balaban J connectivity index is 1.80. The molecule has 2 fully saturated rings. The van der Waals surface area contributed by atoms with Crippen molar-refractivity contribution in [2.75, 3.05) is 16.8 Å². The maximum atomic E-state index is 14.6. The lowest BCUT2D eigenvalue weighted by atomic mass is 9.88. The van der Waals surface area contributed by atoms with Crippen LogP contribution in [0, 0.1) is 17.1 Å². The first-order valence-corrected chi connectivity index (χ1v) is 10.3. The Labute approximate surface area is 191 Å². The van der Waals surface area contributed by atoms with Crippen molar-refractivity contribution in [1.82, 2.24) is 5.32 Å². The van der Waals surface area contributed by atoms with Gasteiger partial charge in [0.2, 0.25) is 0 Å². The van der Waals surface area contributed by atoms with Gasteiger partial charge in [-0.25, -0.2) is 9.18 Å². The molecule has 2 aromatic carbocycles. The number of ketones is 1. The van der Waals surface area contributed by atoms with Crippen molar-refractivity contribution in [2.24, 2.45) is 0 Å². The van der Waals surface area contributed by atoms with Crippen LogP contribution in [-0.2, 0) is 11.0 Å². The smallest absolute Gasteiger partial charge is 0.355 e. The van der Waals surface area contributed by atoms with E-state index in [1.54, 1.807) is 0 Å². The molecule has 34 heavy (non-hydrogen) atoms. The third-order valence-electron chi connectivity index (χ3n) is 6.09. The number of alkyl halides is 3. The van der Waals surface area contributed by atoms with Crippen LogP contribution in [0.15, 0.2) is 36.4 Å². The highest BCUT2D eigenvalue weighted by atomic mass is 19.4. The molecule has 3 amide bonds. The first-order chi connectivity index (χ1) is 16.1. The number of carbonyl (C=O) groups is 3. The lowest BCUT2D eigenvalue weighted by Crippen LogP contribution is -2.43. The van der Waals surface area contributed by atoms with Crippen LogP contribution in [0.25, 0.3) is 0 Å². The largest absolute Gasteiger partial charge is 0.417 e. The molecule has 1 aliphatic carbocycles. The Kier molecular flexibility index (Phi) is 5.77. The van der Waals surface area contributed by atoms with Crippen molar-refractivity contribution in [1.29, 1.82) is 5.26 Å². The summed E-state index contributed by atoms with van der Waals surface area (Å²) in [5, 5.41) is 11.4. The lowest BCUT2D eigenvalue weighted by Gasteiger charge is -2.31. The second kappa shape index (κ2) is 8.44. The summed E-state index contributed by atoms with van der Waals surface area (Å²) in [5.74, 6) is -1.68. The van der Waals surface area contributed by atoms with Crippen molar-refractivity contribution in [3.63, 3.8) is 0 Å². The molecule has 4 rings (SSSR count). The monoisotopic (exact) mass is 474 g/mol. The number of urea groups is 1. The maximum absolute atomic E-state index is 14.6. The van der Waals surface area contributed by atoms with Gasteiger partial charge in [0.15, 0.2) is 0 Å². The highest BCUT2D eigenvalue weighted by molar-refractivity contribution is 6.09. The van der Waals surface area contributed by atoms with Gasteiger partial charge in [-0.1, -0.05) is 0 Å². The van der Waals surface area contributed by atoms with Crippen molar-refractivity contribution < 1.29 is 31.9 Å². The molecule has 2 aliphatic rings. The minimum Gasteiger partial charge on any atom is -0.355 e. The minimum absolute atomic E-state index is 0.0475. The van der Waals surface area contributed by atoms with Crippen LogP contribution in [0.5, 0.6) is 0 Å². The first-order valence-electron chi connectivity index (χ1n) is 10.3. The number of anilines is 2. The van der Waals surface area contributed by atoms with Crippen molar-refractivity contribution in [3.8, 4) is 6.07 Å². The summed E-state index contributed by atoms with van der Waals surface area (Å²) in [4.78, 5) is 39.8. The van der Waals surface area contributed by atoms with Crippen molar-refractivity contribution >= 4 is 29.1 Å². The summed E-state index contributed by atoms with van der Waals surface area (Å²) >= 11 is 0. The molecular weight excluding hydrogens is 456 g/mol. The highest BCUT2D eigenvalue weighted by Crippen LogP contribution is 2.41. The fraction of sp³-hybridized carbons (Fsp3) is 0.304. The summed E-state index contributed by atoms with van der Waals surface area (Å²) in [5.41, 5.74) is -2.00. The van der Waals surface area contributed by atoms with E-state index < -0.39 is 47.1 Å². The van der Waals surface area contributed by atoms with E-state index in [0.29, 0.717) is 0 Å². The zero-order valence-corrected chi connectivity index (χ0v) is 17.8. The molecule has 1 heterocycles. The number of nitriles is 1. The number of Topliss-reactive ketones (excluding diaryl/α,β-unsaturated/α-hetero) is 1. The number of nitrogens with zero attached hydrogens (tertiary/aromatic N) is 3. The van der Waals surface area contributed by atoms with Gasteiger partial charge >= 0.3 is 12.2 Å². The van der Waals surface area contributed by atoms with Crippen molar-refractivity contribution in [3.05, 3.63) is 58.9 Å². The molecular formula is C23H18F4N4O3. The molecule has 11 heteroatoms. The van der Waals surface area contributed by atoms with E-state index in [1.807, 2.05) is 0 Å². The van der Waals surface area contributed by atoms with Crippen molar-refractivity contribution in [2.45, 2.75) is 37.5 Å². The number of hydrogen-bond acceptors (Lipinski definition) is 4. The number of rotatable bonds is 3. The van der Waals surface area contributed by atoms with E-state index in [9.17, 15) is 31.9 Å². The second-order valence-electron chi connectivity index (χ2n) is 8.02. The summed E-state index contributed by atoms with van der Waals surface area (Å²) in [6.07, 6.45) is -4.50. The average molecular weight is 474 g/mol. The third kappa shape index (κ3) is 3.85. The van der Waals surface area contributed by atoms with Crippen LogP contribution in [0.2, 0.25) is 0 Å². The number of nitrogens with one attached hydrogen (secondary N) is 1. The van der Waals surface area contributed by atoms with E-state index in [2.05, 4.69) is 5.32 Å². The Bertz CT molecular complexity index is 1240. The summed E-state index contributed by atoms with van der Waals surface area (Å²) in [6.45, 7) is 0. The molecule has 0 spiro atoms. The van der Waals surface area contributed by atoms with Gasteiger partial charge in [-0.3, -0.25) is 19.4 Å². The van der Waals surface area contributed by atoms with Crippen LogP contribution >= 0.6 is 0 Å². The van der Waals surface area contributed by atoms with E-state index in [1.165, 1.54) is 36.2 Å². The fourth-order valence-electron chi connectivity index (χ4n) is 4.53. The van der Waals surface area contributed by atoms with E-state index in [-0.39, 0.29) is 42.0 Å². The predicted molar refractivity (Wildman–Crippen MR) is 113 cm³/mol. The normalized spacial score (nSPS) is 20.2. The second-order valence-corrected chi connectivity index (χ2v) is 8.02. The molecule has 1 N–H and O–H groups in total. The van der Waals surface area contributed by atoms with E-state index in [0.717, 1.165) is 23.1 Å². The zero-order valence-electron chi connectivity index (χ0n) is 17.8. The Morgan fingerprint density at radius 1 is 1.09 bits per heavy atom. The van der Waals surface area contributed by atoms with E-state index >= 15 is 0 Å². The number of halogens is 4. The molecule has 1 saturated heterocycles. The number of benzene rings is 2. The van der Waals surface area contributed by atoms with Gasteiger partial charge in [0.1, 0.15) is 11.6 Å². The molecule has 0 aromatic heterocycles. The van der Waals surface area contributed by atoms with Gasteiger partial charge in [-0.2, -0.15) is 18.4 Å².